The average molecular weight is 367 g/mol. The number of hydrogen-bond acceptors (Lipinski definition) is 4. The summed E-state index contributed by atoms with van der Waals surface area (Å²) < 4.78 is 11.8. The molecule has 1 aliphatic heterocycles. The first-order chi connectivity index (χ1) is 12.6. The monoisotopic (exact) mass is 366 g/mol. The largest absolute Gasteiger partial charge is 0.451 e. The summed E-state index contributed by atoms with van der Waals surface area (Å²) in [5, 5.41) is 6.27. The van der Waals surface area contributed by atoms with Crippen LogP contribution in [0.25, 0.3) is 11.3 Å². The Morgan fingerprint density at radius 2 is 1.69 bits per heavy atom. The zero-order chi connectivity index (χ0) is 18.1. The second-order valence-electron chi connectivity index (χ2n) is 5.82. The van der Waals surface area contributed by atoms with Gasteiger partial charge in [-0.1, -0.05) is 41.9 Å². The van der Waals surface area contributed by atoms with Gasteiger partial charge in [-0.3, -0.25) is 4.79 Å². The zero-order valence-electron chi connectivity index (χ0n) is 13.9. The minimum Gasteiger partial charge on any atom is -0.451 e. The fraction of sp³-hybridized carbons (Fsp3) is 0.100. The molecule has 0 aliphatic carbocycles. The van der Waals surface area contributed by atoms with Crippen LogP contribution in [0.15, 0.2) is 76.2 Å². The minimum absolute atomic E-state index is 0.210. The number of carbonyl (C=O) groups is 1. The Hall–Kier alpha value is -3.05. The van der Waals surface area contributed by atoms with Crippen LogP contribution in [0.4, 0.5) is 0 Å². The second-order valence-corrected chi connectivity index (χ2v) is 6.26. The number of hydrazone groups is 1. The van der Waals surface area contributed by atoms with Crippen LogP contribution in [-0.4, -0.2) is 16.8 Å². The van der Waals surface area contributed by atoms with E-state index in [1.807, 2.05) is 48.5 Å². The number of furan rings is 1. The van der Waals surface area contributed by atoms with Crippen molar-refractivity contribution < 1.29 is 13.9 Å². The van der Waals surface area contributed by atoms with Crippen LogP contribution < -0.4 is 0 Å². The van der Waals surface area contributed by atoms with Gasteiger partial charge in [-0.15, -0.1) is 5.10 Å². The fourth-order valence-electron chi connectivity index (χ4n) is 2.72. The second kappa shape index (κ2) is 6.69. The van der Waals surface area contributed by atoms with E-state index in [-0.39, 0.29) is 11.8 Å². The molecule has 1 atom stereocenters. The predicted octanol–water partition coefficient (Wildman–Crippen LogP) is 4.84. The van der Waals surface area contributed by atoms with Crippen molar-refractivity contribution in [1.82, 2.24) is 5.01 Å². The maximum atomic E-state index is 12.0. The molecule has 0 radical (unpaired) electrons. The lowest BCUT2D eigenvalue weighted by molar-refractivity contribution is -0.135. The summed E-state index contributed by atoms with van der Waals surface area (Å²) in [6, 6.07) is 20.4. The van der Waals surface area contributed by atoms with E-state index in [9.17, 15) is 4.79 Å². The van der Waals surface area contributed by atoms with E-state index < -0.39 is 6.23 Å². The quantitative estimate of drug-likeness (QED) is 0.666. The third-order valence-corrected chi connectivity index (χ3v) is 4.25. The average Bonchev–Trinajstić information content (AvgIpc) is 3.30. The van der Waals surface area contributed by atoms with Crippen molar-refractivity contribution in [3.8, 4) is 11.3 Å². The van der Waals surface area contributed by atoms with Gasteiger partial charge in [0.2, 0.25) is 12.1 Å². The van der Waals surface area contributed by atoms with Crippen LogP contribution >= 0.6 is 11.6 Å². The van der Waals surface area contributed by atoms with Crippen molar-refractivity contribution in [3.05, 3.63) is 83.1 Å². The van der Waals surface area contributed by atoms with Crippen molar-refractivity contribution in [2.24, 2.45) is 5.10 Å². The number of rotatable bonds is 3. The van der Waals surface area contributed by atoms with Gasteiger partial charge in [0.05, 0.1) is 0 Å². The van der Waals surface area contributed by atoms with Gasteiger partial charge in [0.1, 0.15) is 5.76 Å². The molecule has 26 heavy (non-hydrogen) atoms. The van der Waals surface area contributed by atoms with Gasteiger partial charge >= 0.3 is 0 Å². The van der Waals surface area contributed by atoms with Crippen LogP contribution in [0, 0.1) is 0 Å². The number of nitrogens with zero attached hydrogens (tertiary/aromatic N) is 2. The number of halogens is 1. The Morgan fingerprint density at radius 3 is 2.38 bits per heavy atom. The van der Waals surface area contributed by atoms with Gasteiger partial charge in [0.25, 0.3) is 5.90 Å². The maximum Gasteiger partial charge on any atom is 0.277 e. The molecule has 0 bridgehead atoms. The van der Waals surface area contributed by atoms with E-state index in [1.54, 1.807) is 18.2 Å². The van der Waals surface area contributed by atoms with E-state index in [1.165, 1.54) is 11.9 Å². The van der Waals surface area contributed by atoms with Crippen LogP contribution in [0.1, 0.15) is 24.5 Å². The Labute approximate surface area is 155 Å². The molecule has 0 N–H and O–H groups in total. The van der Waals surface area contributed by atoms with Crippen molar-refractivity contribution >= 4 is 23.4 Å². The molecule has 0 saturated carbocycles. The lowest BCUT2D eigenvalue weighted by Crippen LogP contribution is -2.25. The number of benzene rings is 2. The lowest BCUT2D eigenvalue weighted by Gasteiger charge is -2.18. The standard InChI is InChI=1S/C20H15ClN2O3/c1-13(24)23-20(15-5-3-2-4-6-15)26-19(22-23)18-12-11-17(25-18)14-7-9-16(21)10-8-14/h2-12,20H,1H3. The molecule has 1 aromatic heterocycles. The molecule has 1 aliphatic rings. The summed E-state index contributed by atoms with van der Waals surface area (Å²) >= 11 is 5.92. The van der Waals surface area contributed by atoms with E-state index in [4.69, 9.17) is 20.8 Å². The molecule has 2 heterocycles. The molecular formula is C20H15ClN2O3. The summed E-state index contributed by atoms with van der Waals surface area (Å²) in [5.41, 5.74) is 1.73. The Balaban J connectivity index is 1.63. The predicted molar refractivity (Wildman–Crippen MR) is 98.5 cm³/mol. The van der Waals surface area contributed by atoms with Gasteiger partial charge in [-0.25, -0.2) is 0 Å². The van der Waals surface area contributed by atoms with Gasteiger partial charge in [0, 0.05) is 23.1 Å². The van der Waals surface area contributed by atoms with Crippen molar-refractivity contribution in [2.75, 3.05) is 0 Å². The molecule has 0 fully saturated rings. The molecule has 1 unspecified atom stereocenters. The number of carbonyl (C=O) groups excluding carboxylic acids is 1. The van der Waals surface area contributed by atoms with Crippen molar-refractivity contribution in [2.45, 2.75) is 13.2 Å². The molecule has 130 valence electrons. The number of ether oxygens (including phenoxy) is 1. The van der Waals surface area contributed by atoms with Gasteiger partial charge in [-0.2, -0.15) is 5.01 Å². The van der Waals surface area contributed by atoms with Gasteiger partial charge in [-0.05, 0) is 36.4 Å². The fourth-order valence-corrected chi connectivity index (χ4v) is 2.85. The first-order valence-corrected chi connectivity index (χ1v) is 8.46. The Bertz CT molecular complexity index is 964. The molecule has 0 saturated heterocycles. The summed E-state index contributed by atoms with van der Waals surface area (Å²) in [7, 11) is 0. The molecule has 2 aromatic carbocycles. The smallest absolute Gasteiger partial charge is 0.277 e. The zero-order valence-corrected chi connectivity index (χ0v) is 14.7. The summed E-state index contributed by atoms with van der Waals surface area (Å²) in [4.78, 5) is 12.0. The maximum absolute atomic E-state index is 12.0. The summed E-state index contributed by atoms with van der Waals surface area (Å²) in [6.07, 6.45) is -0.604. The SMILES string of the molecule is CC(=O)N1N=C(c2ccc(-c3ccc(Cl)cc3)o2)OC1c1ccccc1. The third kappa shape index (κ3) is 3.09. The summed E-state index contributed by atoms with van der Waals surface area (Å²) in [6.45, 7) is 1.45. The first kappa shape index (κ1) is 16.4. The molecule has 6 heteroatoms. The third-order valence-electron chi connectivity index (χ3n) is 4.00. The van der Waals surface area contributed by atoms with Crippen molar-refractivity contribution in [3.63, 3.8) is 0 Å². The molecule has 3 aromatic rings. The van der Waals surface area contributed by atoms with Crippen LogP contribution in [0.2, 0.25) is 5.02 Å². The first-order valence-electron chi connectivity index (χ1n) is 8.08. The van der Waals surface area contributed by atoms with Gasteiger partial charge < -0.3 is 9.15 Å². The van der Waals surface area contributed by atoms with Crippen LogP contribution in [0.3, 0.4) is 0 Å². The molecule has 1 amide bonds. The van der Waals surface area contributed by atoms with E-state index in [2.05, 4.69) is 5.10 Å². The van der Waals surface area contributed by atoms with E-state index in [0.29, 0.717) is 16.5 Å². The normalized spacial score (nSPS) is 16.3. The van der Waals surface area contributed by atoms with Crippen molar-refractivity contribution in [1.29, 1.82) is 0 Å². The number of amides is 1. The molecule has 4 rings (SSSR count). The molecule has 0 spiro atoms. The summed E-state index contributed by atoms with van der Waals surface area (Å²) in [5.74, 6) is 1.19. The lowest BCUT2D eigenvalue weighted by atomic mass is 10.2. The van der Waals surface area contributed by atoms with Crippen LogP contribution in [-0.2, 0) is 9.53 Å². The van der Waals surface area contributed by atoms with E-state index >= 15 is 0 Å². The molecule has 5 nitrogen and oxygen atoms in total. The van der Waals surface area contributed by atoms with Crippen LogP contribution in [0.5, 0.6) is 0 Å². The van der Waals surface area contributed by atoms with E-state index in [0.717, 1.165) is 11.1 Å². The Morgan fingerprint density at radius 1 is 1.00 bits per heavy atom. The highest BCUT2D eigenvalue weighted by Gasteiger charge is 2.34. The highest BCUT2D eigenvalue weighted by molar-refractivity contribution is 6.30. The minimum atomic E-state index is -0.604. The highest BCUT2D eigenvalue weighted by atomic mass is 35.5. The Kier molecular flexibility index (Phi) is 4.22. The molecular weight excluding hydrogens is 352 g/mol. The number of hydrogen-bond donors (Lipinski definition) is 0. The van der Waals surface area contributed by atoms with Gasteiger partial charge in [0.15, 0.2) is 5.76 Å². The topological polar surface area (TPSA) is 55.0 Å². The highest BCUT2D eigenvalue weighted by Crippen LogP contribution is 2.32.